The molecule has 1 aromatic rings. The molecule has 0 bridgehead atoms. The first kappa shape index (κ1) is 14.8. The number of carbonyl (C=O) groups excluding carboxylic acids is 1. The van der Waals surface area contributed by atoms with Crippen molar-refractivity contribution in [2.45, 2.75) is 38.2 Å². The van der Waals surface area contributed by atoms with E-state index in [1.54, 1.807) is 0 Å². The summed E-state index contributed by atoms with van der Waals surface area (Å²) in [7, 11) is 0. The number of nitrogens with two attached hydrogens (primary N) is 1. The molecule has 0 unspecified atom stereocenters. The Labute approximate surface area is 117 Å². The van der Waals surface area contributed by atoms with E-state index in [-0.39, 0.29) is 24.1 Å². The average molecular weight is 282 g/mol. The molecule has 0 saturated carbocycles. The first-order chi connectivity index (χ1) is 9.43. The van der Waals surface area contributed by atoms with Crippen LogP contribution in [0.25, 0.3) is 0 Å². The standard InChI is InChI=1S/C13H22N4O3/c1-8(2)10-9(14)11(17-16-10)12(18)15-7-13(19)3-5-20-6-4-13/h8,19H,3-7,14H2,1-2H3,(H,15,18)(H,16,17). The van der Waals surface area contributed by atoms with Crippen molar-refractivity contribution >= 4 is 11.6 Å². The lowest BCUT2D eigenvalue weighted by atomic mass is 9.94. The molecule has 20 heavy (non-hydrogen) atoms. The molecule has 7 nitrogen and oxygen atoms in total. The number of carbonyl (C=O) groups is 1. The van der Waals surface area contributed by atoms with E-state index >= 15 is 0 Å². The van der Waals surface area contributed by atoms with Crippen molar-refractivity contribution in [3.63, 3.8) is 0 Å². The summed E-state index contributed by atoms with van der Waals surface area (Å²) in [5.74, 6) is -0.200. The fraction of sp³-hybridized carbons (Fsp3) is 0.692. The number of nitrogens with one attached hydrogen (secondary N) is 2. The van der Waals surface area contributed by atoms with Crippen molar-refractivity contribution in [1.82, 2.24) is 15.5 Å². The van der Waals surface area contributed by atoms with Crippen molar-refractivity contribution < 1.29 is 14.6 Å². The highest BCUT2D eigenvalue weighted by Crippen LogP contribution is 2.23. The van der Waals surface area contributed by atoms with Crippen LogP contribution in [-0.4, -0.2) is 46.6 Å². The Balaban J connectivity index is 1.98. The Morgan fingerprint density at radius 1 is 1.55 bits per heavy atom. The molecular weight excluding hydrogens is 260 g/mol. The SMILES string of the molecule is CC(C)c1[nH]nc(C(=O)NCC2(O)CCOCC2)c1N. The van der Waals surface area contributed by atoms with Crippen LogP contribution in [0.15, 0.2) is 0 Å². The molecule has 1 amide bonds. The number of nitrogen functional groups attached to an aromatic ring is 1. The molecule has 1 saturated heterocycles. The third-order valence-corrected chi connectivity index (χ3v) is 3.63. The Bertz CT molecular complexity index is 478. The van der Waals surface area contributed by atoms with Crippen LogP contribution in [0.1, 0.15) is 48.8 Å². The maximum absolute atomic E-state index is 12.1. The van der Waals surface area contributed by atoms with Crippen molar-refractivity contribution in [2.75, 3.05) is 25.5 Å². The van der Waals surface area contributed by atoms with Gasteiger partial charge in [-0.25, -0.2) is 0 Å². The maximum atomic E-state index is 12.1. The molecule has 1 aromatic heterocycles. The third-order valence-electron chi connectivity index (χ3n) is 3.63. The van der Waals surface area contributed by atoms with Gasteiger partial charge in [-0.15, -0.1) is 0 Å². The predicted octanol–water partition coefficient (Wildman–Crippen LogP) is 0.387. The molecule has 2 rings (SSSR count). The molecule has 5 N–H and O–H groups in total. The lowest BCUT2D eigenvalue weighted by Crippen LogP contribution is -2.46. The topological polar surface area (TPSA) is 113 Å². The van der Waals surface area contributed by atoms with Crippen LogP contribution < -0.4 is 11.1 Å². The summed E-state index contributed by atoms with van der Waals surface area (Å²) in [5, 5.41) is 19.7. The summed E-state index contributed by atoms with van der Waals surface area (Å²) >= 11 is 0. The van der Waals surface area contributed by atoms with Crippen LogP contribution in [0.5, 0.6) is 0 Å². The highest BCUT2D eigenvalue weighted by atomic mass is 16.5. The second kappa shape index (κ2) is 5.80. The quantitative estimate of drug-likeness (QED) is 0.638. The number of anilines is 1. The fourth-order valence-electron chi connectivity index (χ4n) is 2.23. The van der Waals surface area contributed by atoms with Gasteiger partial charge < -0.3 is 20.9 Å². The van der Waals surface area contributed by atoms with Crippen LogP contribution in [-0.2, 0) is 4.74 Å². The number of amides is 1. The van der Waals surface area contributed by atoms with Gasteiger partial charge in [0.25, 0.3) is 5.91 Å². The second-order valence-corrected chi connectivity index (χ2v) is 5.57. The molecule has 2 heterocycles. The zero-order valence-electron chi connectivity index (χ0n) is 11.9. The summed E-state index contributed by atoms with van der Waals surface area (Å²) in [6.07, 6.45) is 1.03. The average Bonchev–Trinajstić information content (AvgIpc) is 2.79. The highest BCUT2D eigenvalue weighted by molar-refractivity contribution is 5.97. The zero-order valence-corrected chi connectivity index (χ0v) is 11.9. The minimum atomic E-state index is -0.903. The number of aromatic amines is 1. The molecule has 0 radical (unpaired) electrons. The van der Waals surface area contributed by atoms with Gasteiger partial charge in [-0.2, -0.15) is 5.10 Å². The number of ether oxygens (including phenoxy) is 1. The van der Waals surface area contributed by atoms with Gasteiger partial charge in [-0.05, 0) is 5.92 Å². The zero-order chi connectivity index (χ0) is 14.8. The lowest BCUT2D eigenvalue weighted by molar-refractivity contribution is -0.0605. The largest absolute Gasteiger partial charge is 0.395 e. The normalized spacial score (nSPS) is 18.2. The summed E-state index contributed by atoms with van der Waals surface area (Å²) in [5.41, 5.74) is 6.31. The van der Waals surface area contributed by atoms with E-state index < -0.39 is 5.60 Å². The van der Waals surface area contributed by atoms with E-state index in [0.29, 0.717) is 31.7 Å². The van der Waals surface area contributed by atoms with E-state index in [1.807, 2.05) is 13.8 Å². The van der Waals surface area contributed by atoms with E-state index in [1.165, 1.54) is 0 Å². The van der Waals surface area contributed by atoms with Gasteiger partial charge in [0.2, 0.25) is 0 Å². The lowest BCUT2D eigenvalue weighted by Gasteiger charge is -2.31. The van der Waals surface area contributed by atoms with Gasteiger partial charge >= 0.3 is 0 Å². The molecular formula is C13H22N4O3. The summed E-state index contributed by atoms with van der Waals surface area (Å²) in [6, 6.07) is 0. The molecule has 1 fully saturated rings. The van der Waals surface area contributed by atoms with Crippen molar-refractivity contribution in [2.24, 2.45) is 0 Å². The number of nitrogens with zero attached hydrogens (tertiary/aromatic N) is 1. The molecule has 0 aromatic carbocycles. The van der Waals surface area contributed by atoms with E-state index in [0.717, 1.165) is 5.69 Å². The molecule has 112 valence electrons. The number of rotatable bonds is 4. The summed E-state index contributed by atoms with van der Waals surface area (Å²) in [6.45, 7) is 5.13. The van der Waals surface area contributed by atoms with Gasteiger partial charge in [0.15, 0.2) is 5.69 Å². The van der Waals surface area contributed by atoms with Gasteiger partial charge in [0.1, 0.15) is 0 Å². The summed E-state index contributed by atoms with van der Waals surface area (Å²) < 4.78 is 5.20. The molecule has 1 aliphatic heterocycles. The number of aromatic nitrogens is 2. The van der Waals surface area contributed by atoms with E-state index in [2.05, 4.69) is 15.5 Å². The highest BCUT2D eigenvalue weighted by Gasteiger charge is 2.31. The molecule has 0 aliphatic carbocycles. The van der Waals surface area contributed by atoms with Gasteiger partial charge in [0, 0.05) is 32.6 Å². The first-order valence-corrected chi connectivity index (χ1v) is 6.85. The third kappa shape index (κ3) is 3.10. The second-order valence-electron chi connectivity index (χ2n) is 5.57. The number of aliphatic hydroxyl groups is 1. The van der Waals surface area contributed by atoms with Crippen LogP contribution in [0.3, 0.4) is 0 Å². The minimum absolute atomic E-state index is 0.170. The Morgan fingerprint density at radius 3 is 2.75 bits per heavy atom. The van der Waals surface area contributed by atoms with Gasteiger partial charge in [-0.3, -0.25) is 9.89 Å². The van der Waals surface area contributed by atoms with Crippen molar-refractivity contribution in [3.8, 4) is 0 Å². The van der Waals surface area contributed by atoms with Crippen LogP contribution in [0.4, 0.5) is 5.69 Å². The van der Waals surface area contributed by atoms with Crippen molar-refractivity contribution in [1.29, 1.82) is 0 Å². The van der Waals surface area contributed by atoms with E-state index in [9.17, 15) is 9.90 Å². The van der Waals surface area contributed by atoms with Crippen molar-refractivity contribution in [3.05, 3.63) is 11.4 Å². The van der Waals surface area contributed by atoms with Crippen LogP contribution in [0.2, 0.25) is 0 Å². The van der Waals surface area contributed by atoms with Crippen LogP contribution >= 0.6 is 0 Å². The number of hydrogen-bond acceptors (Lipinski definition) is 5. The molecule has 1 aliphatic rings. The van der Waals surface area contributed by atoms with Crippen LogP contribution in [0, 0.1) is 0 Å². The fourth-order valence-corrected chi connectivity index (χ4v) is 2.23. The summed E-state index contributed by atoms with van der Waals surface area (Å²) in [4.78, 5) is 12.1. The first-order valence-electron chi connectivity index (χ1n) is 6.85. The predicted molar refractivity (Wildman–Crippen MR) is 74.4 cm³/mol. The Morgan fingerprint density at radius 2 is 2.20 bits per heavy atom. The molecule has 7 heteroatoms. The molecule has 0 spiro atoms. The Kier molecular flexibility index (Phi) is 4.29. The van der Waals surface area contributed by atoms with Gasteiger partial charge in [0.05, 0.1) is 17.0 Å². The number of H-pyrrole nitrogens is 1. The number of hydrogen-bond donors (Lipinski definition) is 4. The Hall–Kier alpha value is -1.60. The maximum Gasteiger partial charge on any atom is 0.274 e. The van der Waals surface area contributed by atoms with E-state index in [4.69, 9.17) is 10.5 Å². The minimum Gasteiger partial charge on any atom is -0.395 e. The smallest absolute Gasteiger partial charge is 0.274 e. The van der Waals surface area contributed by atoms with Gasteiger partial charge in [-0.1, -0.05) is 13.8 Å². The monoisotopic (exact) mass is 282 g/mol. The molecule has 0 atom stereocenters.